The van der Waals surface area contributed by atoms with Gasteiger partial charge in [0.05, 0.1) is 6.07 Å². The van der Waals surface area contributed by atoms with Crippen LogP contribution >= 0.6 is 0 Å². The molecule has 0 radical (unpaired) electrons. The van der Waals surface area contributed by atoms with Crippen LogP contribution in [-0.2, 0) is 4.79 Å². The van der Waals surface area contributed by atoms with E-state index in [1.54, 1.807) is 24.5 Å². The van der Waals surface area contributed by atoms with Gasteiger partial charge in [-0.15, -0.1) is 0 Å². The summed E-state index contributed by atoms with van der Waals surface area (Å²) in [5.41, 5.74) is 1.32. The molecule has 0 atom stereocenters. The van der Waals surface area contributed by atoms with Crippen molar-refractivity contribution in [2.24, 2.45) is 0 Å². The molecule has 3 heteroatoms. The van der Waals surface area contributed by atoms with Crippen molar-refractivity contribution in [1.29, 1.82) is 5.26 Å². The van der Waals surface area contributed by atoms with Crippen molar-refractivity contribution < 1.29 is 4.79 Å². The first kappa shape index (κ1) is 9.18. The average Bonchev–Trinajstić information content (AvgIpc) is 2.21. The molecule has 0 unspecified atom stereocenters. The lowest BCUT2D eigenvalue weighted by Gasteiger charge is -1.98. The van der Waals surface area contributed by atoms with Gasteiger partial charge in [0.1, 0.15) is 5.94 Å². The van der Waals surface area contributed by atoms with Crippen LogP contribution in [0.25, 0.3) is 5.57 Å². The van der Waals surface area contributed by atoms with Gasteiger partial charge in [-0.2, -0.15) is 5.26 Å². The minimum Gasteiger partial charge on any atom is -0.265 e. The number of allylic oxidation sites excluding steroid dienone is 1. The van der Waals surface area contributed by atoms with E-state index in [0.717, 1.165) is 5.56 Å². The first-order chi connectivity index (χ1) is 6.38. The fourth-order valence-electron chi connectivity index (χ4n) is 0.988. The molecule has 0 N–H and O–H groups in total. The number of hydrogen-bond acceptors (Lipinski definition) is 3. The molecule has 0 saturated carbocycles. The molecule has 0 aromatic carbocycles. The van der Waals surface area contributed by atoms with Crippen molar-refractivity contribution >= 4 is 11.5 Å². The van der Waals surface area contributed by atoms with Crippen LogP contribution in [0.5, 0.6) is 0 Å². The smallest absolute Gasteiger partial charge is 0.128 e. The SMILES string of the molecule is N#CCCC(=C=O)c1ccncc1. The van der Waals surface area contributed by atoms with Gasteiger partial charge in [-0.05, 0) is 24.1 Å². The Bertz CT molecular complexity index is 358. The molecule has 1 rings (SSSR count). The summed E-state index contributed by atoms with van der Waals surface area (Å²) < 4.78 is 0. The van der Waals surface area contributed by atoms with E-state index < -0.39 is 0 Å². The zero-order valence-corrected chi connectivity index (χ0v) is 7.03. The van der Waals surface area contributed by atoms with Crippen LogP contribution in [0.15, 0.2) is 24.5 Å². The van der Waals surface area contributed by atoms with E-state index in [9.17, 15) is 4.79 Å². The molecule has 0 aliphatic heterocycles. The van der Waals surface area contributed by atoms with E-state index in [0.29, 0.717) is 18.4 Å². The van der Waals surface area contributed by atoms with Crippen LogP contribution in [0.3, 0.4) is 0 Å². The quantitative estimate of drug-likeness (QED) is 0.650. The Kier molecular flexibility index (Phi) is 3.44. The second kappa shape index (κ2) is 4.87. The van der Waals surface area contributed by atoms with Crippen LogP contribution in [-0.4, -0.2) is 10.9 Å². The van der Waals surface area contributed by atoms with E-state index >= 15 is 0 Å². The molecule has 0 fully saturated rings. The highest BCUT2D eigenvalue weighted by Gasteiger charge is 2.00. The van der Waals surface area contributed by atoms with E-state index in [-0.39, 0.29) is 0 Å². The maximum Gasteiger partial charge on any atom is 0.128 e. The molecule has 1 aromatic rings. The molecule has 0 amide bonds. The zero-order chi connectivity index (χ0) is 9.52. The fraction of sp³-hybridized carbons (Fsp3) is 0.200. The highest BCUT2D eigenvalue weighted by molar-refractivity contribution is 5.87. The van der Waals surface area contributed by atoms with Crippen LogP contribution in [0.1, 0.15) is 18.4 Å². The Morgan fingerprint density at radius 3 is 2.69 bits per heavy atom. The van der Waals surface area contributed by atoms with Gasteiger partial charge in [0.2, 0.25) is 0 Å². The van der Waals surface area contributed by atoms with Crippen molar-refractivity contribution in [3.05, 3.63) is 30.1 Å². The van der Waals surface area contributed by atoms with Gasteiger partial charge in [0.25, 0.3) is 0 Å². The van der Waals surface area contributed by atoms with Crippen LogP contribution in [0.4, 0.5) is 0 Å². The average molecular weight is 172 g/mol. The van der Waals surface area contributed by atoms with Crippen molar-refractivity contribution in [2.75, 3.05) is 0 Å². The number of hydrogen-bond donors (Lipinski definition) is 0. The first-order valence-corrected chi connectivity index (χ1v) is 3.90. The molecule has 1 heterocycles. The molecule has 0 bridgehead atoms. The van der Waals surface area contributed by atoms with Crippen molar-refractivity contribution in [3.8, 4) is 6.07 Å². The lowest BCUT2D eigenvalue weighted by Crippen LogP contribution is -1.85. The summed E-state index contributed by atoms with van der Waals surface area (Å²) in [7, 11) is 0. The molecule has 0 spiro atoms. The molecule has 0 saturated heterocycles. The van der Waals surface area contributed by atoms with Gasteiger partial charge in [-0.3, -0.25) is 4.98 Å². The van der Waals surface area contributed by atoms with Crippen molar-refractivity contribution in [1.82, 2.24) is 4.98 Å². The second-order valence-electron chi connectivity index (χ2n) is 2.47. The molecule has 0 aliphatic carbocycles. The summed E-state index contributed by atoms with van der Waals surface area (Å²) in [4.78, 5) is 14.4. The highest BCUT2D eigenvalue weighted by Crippen LogP contribution is 2.14. The fourth-order valence-corrected chi connectivity index (χ4v) is 0.988. The highest BCUT2D eigenvalue weighted by atomic mass is 16.1. The minimum absolute atomic E-state index is 0.340. The van der Waals surface area contributed by atoms with Gasteiger partial charge in [0, 0.05) is 24.4 Å². The van der Waals surface area contributed by atoms with Crippen molar-refractivity contribution in [3.63, 3.8) is 0 Å². The predicted octanol–water partition coefficient (Wildman–Crippen LogP) is 1.60. The molecule has 64 valence electrons. The van der Waals surface area contributed by atoms with Crippen LogP contribution in [0, 0.1) is 11.3 Å². The Balaban J connectivity index is 2.82. The Hall–Kier alpha value is -1.91. The number of carbonyl (C=O) groups excluding carboxylic acids is 1. The molecule has 0 aliphatic rings. The molecular weight excluding hydrogens is 164 g/mol. The third-order valence-corrected chi connectivity index (χ3v) is 1.64. The number of aromatic nitrogens is 1. The third-order valence-electron chi connectivity index (χ3n) is 1.64. The lowest BCUT2D eigenvalue weighted by atomic mass is 10.0. The van der Waals surface area contributed by atoms with Gasteiger partial charge >= 0.3 is 0 Å². The van der Waals surface area contributed by atoms with E-state index in [2.05, 4.69) is 4.98 Å². The van der Waals surface area contributed by atoms with Crippen LogP contribution < -0.4 is 0 Å². The lowest BCUT2D eigenvalue weighted by molar-refractivity contribution is 0.569. The van der Waals surface area contributed by atoms with E-state index in [1.165, 1.54) is 0 Å². The number of nitrogens with zero attached hydrogens (tertiary/aromatic N) is 2. The summed E-state index contributed by atoms with van der Waals surface area (Å²) in [6.45, 7) is 0. The maximum atomic E-state index is 10.5. The molecular formula is C10H8N2O. The number of nitriles is 1. The second-order valence-corrected chi connectivity index (χ2v) is 2.47. The van der Waals surface area contributed by atoms with Gasteiger partial charge in [0.15, 0.2) is 0 Å². The Morgan fingerprint density at radius 1 is 1.46 bits per heavy atom. The third kappa shape index (κ3) is 2.55. The van der Waals surface area contributed by atoms with Gasteiger partial charge < -0.3 is 0 Å². The summed E-state index contributed by atoms with van der Waals surface area (Å²) in [5, 5.41) is 8.35. The molecule has 3 nitrogen and oxygen atoms in total. The van der Waals surface area contributed by atoms with E-state index in [4.69, 9.17) is 5.26 Å². The standard InChI is InChI=1S/C10H8N2O/c11-5-1-2-10(8-13)9-3-6-12-7-4-9/h3-4,6-7H,1-2H2. The summed E-state index contributed by atoms with van der Waals surface area (Å²) in [6.07, 6.45) is 4.01. The Labute approximate surface area is 76.3 Å². The largest absolute Gasteiger partial charge is 0.265 e. The molecule has 13 heavy (non-hydrogen) atoms. The maximum absolute atomic E-state index is 10.5. The van der Waals surface area contributed by atoms with Crippen molar-refractivity contribution in [2.45, 2.75) is 12.8 Å². The normalized spacial score (nSPS) is 8.54. The number of pyridine rings is 1. The summed E-state index contributed by atoms with van der Waals surface area (Å²) >= 11 is 0. The van der Waals surface area contributed by atoms with E-state index in [1.807, 2.05) is 12.0 Å². The summed E-state index contributed by atoms with van der Waals surface area (Å²) in [5.74, 6) is 1.84. The predicted molar refractivity (Wildman–Crippen MR) is 48.2 cm³/mol. The monoisotopic (exact) mass is 172 g/mol. The van der Waals surface area contributed by atoms with Gasteiger partial charge in [-0.1, -0.05) is 0 Å². The van der Waals surface area contributed by atoms with Gasteiger partial charge in [-0.25, -0.2) is 4.79 Å². The zero-order valence-electron chi connectivity index (χ0n) is 7.03. The first-order valence-electron chi connectivity index (χ1n) is 3.90. The summed E-state index contributed by atoms with van der Waals surface area (Å²) in [6, 6.07) is 5.45. The Morgan fingerprint density at radius 2 is 2.15 bits per heavy atom. The van der Waals surface area contributed by atoms with Crippen LogP contribution in [0.2, 0.25) is 0 Å². The number of rotatable bonds is 3. The molecule has 1 aromatic heterocycles. The topological polar surface area (TPSA) is 53.8 Å². The minimum atomic E-state index is 0.340.